The van der Waals surface area contributed by atoms with Crippen molar-refractivity contribution in [1.82, 2.24) is 4.90 Å². The third-order valence-electron chi connectivity index (χ3n) is 3.80. The molecule has 0 aromatic rings. The van der Waals surface area contributed by atoms with Crippen molar-refractivity contribution in [2.75, 3.05) is 13.6 Å². The number of hydrogen-bond acceptors (Lipinski definition) is 2. The molecule has 3 nitrogen and oxygen atoms in total. The molecule has 1 rings (SSSR count). The Hall–Kier alpha value is -0.570. The molecule has 3 heteroatoms. The summed E-state index contributed by atoms with van der Waals surface area (Å²) in [5.74, 6) is 0.156. The summed E-state index contributed by atoms with van der Waals surface area (Å²) in [5, 5.41) is 8.65. The summed E-state index contributed by atoms with van der Waals surface area (Å²) in [5.41, 5.74) is 0. The Labute approximate surface area is 98.8 Å². The number of rotatable bonds is 6. The summed E-state index contributed by atoms with van der Waals surface area (Å²) < 4.78 is 0. The highest BCUT2D eigenvalue weighted by Gasteiger charge is 2.18. The largest absolute Gasteiger partial charge is 0.481 e. The number of nitrogens with zero attached hydrogens (tertiary/aromatic N) is 1. The van der Waals surface area contributed by atoms with Crippen LogP contribution in [0.4, 0.5) is 0 Å². The normalized spacial score (nSPS) is 19.9. The first kappa shape index (κ1) is 13.5. The predicted octanol–water partition coefficient (Wildman–Crippen LogP) is 2.75. The maximum absolute atomic E-state index is 10.5. The molecule has 1 aliphatic rings. The van der Waals surface area contributed by atoms with Crippen molar-refractivity contribution in [3.05, 3.63) is 0 Å². The van der Waals surface area contributed by atoms with Gasteiger partial charge in [-0.15, -0.1) is 0 Å². The van der Waals surface area contributed by atoms with Crippen LogP contribution in [-0.2, 0) is 4.79 Å². The molecule has 0 heterocycles. The van der Waals surface area contributed by atoms with Crippen LogP contribution in [0.2, 0.25) is 0 Å². The second kappa shape index (κ2) is 6.89. The summed E-state index contributed by atoms with van der Waals surface area (Å²) in [7, 11) is 2.13. The second-order valence-electron chi connectivity index (χ2n) is 5.23. The lowest BCUT2D eigenvalue weighted by Crippen LogP contribution is -2.34. The highest BCUT2D eigenvalue weighted by Crippen LogP contribution is 2.24. The molecule has 1 aliphatic carbocycles. The summed E-state index contributed by atoms with van der Waals surface area (Å²) in [4.78, 5) is 12.8. The van der Waals surface area contributed by atoms with Crippen LogP contribution in [0.25, 0.3) is 0 Å². The van der Waals surface area contributed by atoms with Crippen molar-refractivity contribution in [1.29, 1.82) is 0 Å². The maximum atomic E-state index is 10.5. The van der Waals surface area contributed by atoms with Gasteiger partial charge >= 0.3 is 5.97 Å². The van der Waals surface area contributed by atoms with Crippen molar-refractivity contribution in [3.8, 4) is 0 Å². The molecule has 0 aromatic carbocycles. The van der Waals surface area contributed by atoms with E-state index in [9.17, 15) is 4.79 Å². The molecule has 0 spiro atoms. The SMILES string of the molecule is CC(CCC(=O)O)N(C)CC1CCCCC1. The predicted molar refractivity (Wildman–Crippen MR) is 65.5 cm³/mol. The van der Waals surface area contributed by atoms with Crippen LogP contribution < -0.4 is 0 Å². The Morgan fingerprint density at radius 2 is 2.00 bits per heavy atom. The summed E-state index contributed by atoms with van der Waals surface area (Å²) >= 11 is 0. The monoisotopic (exact) mass is 227 g/mol. The Morgan fingerprint density at radius 3 is 2.56 bits per heavy atom. The van der Waals surface area contributed by atoms with Crippen molar-refractivity contribution in [2.24, 2.45) is 5.92 Å². The number of carboxylic acids is 1. The molecule has 1 atom stereocenters. The zero-order valence-corrected chi connectivity index (χ0v) is 10.6. The average molecular weight is 227 g/mol. The third kappa shape index (κ3) is 4.97. The quantitative estimate of drug-likeness (QED) is 0.758. The smallest absolute Gasteiger partial charge is 0.303 e. The molecular formula is C13H25NO2. The summed E-state index contributed by atoms with van der Waals surface area (Å²) in [6.45, 7) is 3.27. The second-order valence-corrected chi connectivity index (χ2v) is 5.23. The summed E-state index contributed by atoms with van der Waals surface area (Å²) in [6, 6.07) is 0.387. The van der Waals surface area contributed by atoms with Crippen molar-refractivity contribution < 1.29 is 9.90 Å². The van der Waals surface area contributed by atoms with Gasteiger partial charge in [-0.25, -0.2) is 0 Å². The molecular weight excluding hydrogens is 202 g/mol. The Kier molecular flexibility index (Phi) is 5.81. The van der Waals surface area contributed by atoms with Gasteiger partial charge in [-0.1, -0.05) is 19.3 Å². The Bertz CT molecular complexity index is 212. The van der Waals surface area contributed by atoms with E-state index in [1.165, 1.54) is 32.1 Å². The van der Waals surface area contributed by atoms with Crippen LogP contribution in [0, 0.1) is 5.92 Å². The number of carbonyl (C=O) groups is 1. The van der Waals surface area contributed by atoms with Crippen molar-refractivity contribution in [2.45, 2.75) is 57.9 Å². The van der Waals surface area contributed by atoms with E-state index in [4.69, 9.17) is 5.11 Å². The number of hydrogen-bond donors (Lipinski definition) is 1. The fourth-order valence-corrected chi connectivity index (χ4v) is 2.51. The van der Waals surface area contributed by atoms with Gasteiger partial charge in [-0.3, -0.25) is 4.79 Å². The van der Waals surface area contributed by atoms with Crippen LogP contribution in [-0.4, -0.2) is 35.6 Å². The minimum atomic E-state index is -0.682. The van der Waals surface area contributed by atoms with E-state index >= 15 is 0 Å². The molecule has 0 saturated heterocycles. The van der Waals surface area contributed by atoms with Crippen LogP contribution >= 0.6 is 0 Å². The number of carboxylic acid groups (broad SMARTS) is 1. The molecule has 94 valence electrons. The molecule has 0 aromatic heterocycles. The van der Waals surface area contributed by atoms with Gasteiger partial charge in [0.25, 0.3) is 0 Å². The minimum Gasteiger partial charge on any atom is -0.481 e. The molecule has 0 bridgehead atoms. The van der Waals surface area contributed by atoms with Crippen LogP contribution in [0.1, 0.15) is 51.9 Å². The molecule has 0 aliphatic heterocycles. The third-order valence-corrected chi connectivity index (χ3v) is 3.80. The molecule has 1 fully saturated rings. The minimum absolute atomic E-state index is 0.288. The van der Waals surface area contributed by atoms with Crippen LogP contribution in [0.5, 0.6) is 0 Å². The fraction of sp³-hybridized carbons (Fsp3) is 0.923. The van der Waals surface area contributed by atoms with Gasteiger partial charge in [-0.2, -0.15) is 0 Å². The van der Waals surface area contributed by atoms with Gasteiger partial charge < -0.3 is 10.0 Å². The molecule has 0 radical (unpaired) electrons. The summed E-state index contributed by atoms with van der Waals surface area (Å²) in [6.07, 6.45) is 7.92. The van der Waals surface area contributed by atoms with E-state index in [1.807, 2.05) is 0 Å². The topological polar surface area (TPSA) is 40.5 Å². The van der Waals surface area contributed by atoms with Gasteiger partial charge in [0.05, 0.1) is 0 Å². The highest BCUT2D eigenvalue weighted by atomic mass is 16.4. The Balaban J connectivity index is 2.21. The molecule has 0 amide bonds. The van der Waals surface area contributed by atoms with Gasteiger partial charge in [-0.05, 0) is 39.2 Å². The lowest BCUT2D eigenvalue weighted by atomic mass is 9.88. The van der Waals surface area contributed by atoms with Crippen LogP contribution in [0.15, 0.2) is 0 Å². The zero-order valence-electron chi connectivity index (χ0n) is 10.6. The van der Waals surface area contributed by atoms with E-state index in [1.54, 1.807) is 0 Å². The van der Waals surface area contributed by atoms with Gasteiger partial charge in [0.15, 0.2) is 0 Å². The first-order chi connectivity index (χ1) is 7.59. The molecule has 16 heavy (non-hydrogen) atoms. The van der Waals surface area contributed by atoms with Crippen molar-refractivity contribution >= 4 is 5.97 Å². The fourth-order valence-electron chi connectivity index (χ4n) is 2.51. The van der Waals surface area contributed by atoms with Crippen molar-refractivity contribution in [3.63, 3.8) is 0 Å². The highest BCUT2D eigenvalue weighted by molar-refractivity contribution is 5.66. The molecule has 1 N–H and O–H groups in total. The lowest BCUT2D eigenvalue weighted by molar-refractivity contribution is -0.137. The molecule has 1 saturated carbocycles. The zero-order chi connectivity index (χ0) is 12.0. The van der Waals surface area contributed by atoms with E-state index in [0.29, 0.717) is 6.04 Å². The first-order valence-corrected chi connectivity index (χ1v) is 6.51. The van der Waals surface area contributed by atoms with Gasteiger partial charge in [0, 0.05) is 19.0 Å². The molecule has 1 unspecified atom stereocenters. The standard InChI is InChI=1S/C13H25NO2/c1-11(8-9-13(15)16)14(2)10-12-6-4-3-5-7-12/h11-12H,3-10H2,1-2H3,(H,15,16). The van der Waals surface area contributed by atoms with Crippen LogP contribution in [0.3, 0.4) is 0 Å². The number of aliphatic carboxylic acids is 1. The van der Waals surface area contributed by atoms with Gasteiger partial charge in [0.2, 0.25) is 0 Å². The van der Waals surface area contributed by atoms with E-state index in [-0.39, 0.29) is 6.42 Å². The van der Waals surface area contributed by atoms with E-state index in [0.717, 1.165) is 18.9 Å². The Morgan fingerprint density at radius 1 is 1.38 bits per heavy atom. The van der Waals surface area contributed by atoms with E-state index in [2.05, 4.69) is 18.9 Å². The first-order valence-electron chi connectivity index (χ1n) is 6.51. The lowest BCUT2D eigenvalue weighted by Gasteiger charge is -2.30. The maximum Gasteiger partial charge on any atom is 0.303 e. The van der Waals surface area contributed by atoms with E-state index < -0.39 is 5.97 Å². The average Bonchev–Trinajstić information content (AvgIpc) is 2.27. The van der Waals surface area contributed by atoms with Gasteiger partial charge in [0.1, 0.15) is 0 Å².